The number of halogens is 2. The normalized spacial score (nSPS) is 11.4. The van der Waals surface area contributed by atoms with Crippen molar-refractivity contribution in [3.63, 3.8) is 0 Å². The molecule has 0 atom stereocenters. The molecule has 3 aromatic rings. The maximum atomic E-state index is 13.5. The molecule has 0 saturated carbocycles. The van der Waals surface area contributed by atoms with Crippen LogP contribution in [0.4, 0.5) is 20.3 Å². The number of sulfone groups is 1. The number of benzene rings is 1. The summed E-state index contributed by atoms with van der Waals surface area (Å²) in [4.78, 5) is 19.5. The summed E-state index contributed by atoms with van der Waals surface area (Å²) in [7, 11) is -3.82. The van der Waals surface area contributed by atoms with E-state index in [0.29, 0.717) is 6.07 Å². The lowest BCUT2D eigenvalue weighted by atomic mass is 10.3. The van der Waals surface area contributed by atoms with Crippen LogP contribution in [-0.2, 0) is 14.6 Å². The molecule has 7 nitrogen and oxygen atoms in total. The number of carbonyl (C=O) groups is 1. The summed E-state index contributed by atoms with van der Waals surface area (Å²) in [6.07, 6.45) is 1.08. The van der Waals surface area contributed by atoms with Crippen LogP contribution in [0.3, 0.4) is 0 Å². The molecule has 0 aliphatic rings. The van der Waals surface area contributed by atoms with Crippen molar-refractivity contribution >= 4 is 50.3 Å². The van der Waals surface area contributed by atoms with Crippen molar-refractivity contribution in [3.8, 4) is 0 Å². The van der Waals surface area contributed by atoms with Crippen molar-refractivity contribution in [1.29, 1.82) is 0 Å². The molecule has 0 spiro atoms. The highest BCUT2D eigenvalue weighted by Crippen LogP contribution is 2.28. The molecule has 0 saturated heterocycles. The number of aromatic nitrogens is 2. The van der Waals surface area contributed by atoms with Crippen molar-refractivity contribution in [2.24, 2.45) is 0 Å². The number of thiophene rings is 1. The quantitative estimate of drug-likeness (QED) is 0.445. The number of amides is 1. The maximum absolute atomic E-state index is 13.5. The Morgan fingerprint density at radius 3 is 2.71 bits per heavy atom. The molecular weight excluding hydrogens is 430 g/mol. The zero-order valence-corrected chi connectivity index (χ0v) is 16.4. The van der Waals surface area contributed by atoms with Gasteiger partial charge in [0.2, 0.25) is 15.7 Å². The van der Waals surface area contributed by atoms with Gasteiger partial charge in [-0.25, -0.2) is 27.2 Å². The van der Waals surface area contributed by atoms with Crippen molar-refractivity contribution in [1.82, 2.24) is 9.97 Å². The predicted molar refractivity (Wildman–Crippen MR) is 102 cm³/mol. The second kappa shape index (κ2) is 8.20. The van der Waals surface area contributed by atoms with Crippen LogP contribution in [-0.4, -0.2) is 30.0 Å². The first kappa shape index (κ1) is 20.2. The van der Waals surface area contributed by atoms with Crippen LogP contribution in [0.2, 0.25) is 0 Å². The molecule has 2 aromatic heterocycles. The molecule has 2 heterocycles. The van der Waals surface area contributed by atoms with Crippen LogP contribution in [0.1, 0.15) is 0 Å². The Labute approximate surface area is 166 Å². The number of thioether (sulfide) groups is 1. The molecule has 0 bridgehead atoms. The second-order valence-electron chi connectivity index (χ2n) is 5.30. The zero-order valence-electron chi connectivity index (χ0n) is 13.9. The van der Waals surface area contributed by atoms with Crippen molar-refractivity contribution in [2.75, 3.05) is 16.8 Å². The highest BCUT2D eigenvalue weighted by molar-refractivity contribution is 7.99. The van der Waals surface area contributed by atoms with Gasteiger partial charge in [-0.15, -0.1) is 11.3 Å². The molecule has 28 heavy (non-hydrogen) atoms. The fourth-order valence-electron chi connectivity index (χ4n) is 2.08. The van der Waals surface area contributed by atoms with Crippen LogP contribution in [0.25, 0.3) is 0 Å². The summed E-state index contributed by atoms with van der Waals surface area (Å²) in [5.74, 6) is -2.66. The first-order chi connectivity index (χ1) is 13.3. The third kappa shape index (κ3) is 4.46. The largest absolute Gasteiger partial charge is 0.382 e. The Bertz CT molecular complexity index is 1120. The van der Waals surface area contributed by atoms with Crippen LogP contribution >= 0.6 is 23.1 Å². The number of nitrogens with one attached hydrogen (secondary N) is 1. The van der Waals surface area contributed by atoms with E-state index in [2.05, 4.69) is 15.3 Å². The van der Waals surface area contributed by atoms with E-state index < -0.39 is 27.4 Å². The average molecular weight is 442 g/mol. The number of nitrogen functional groups attached to an aromatic ring is 1. The average Bonchev–Trinajstić information content (AvgIpc) is 3.18. The van der Waals surface area contributed by atoms with Crippen LogP contribution in [0, 0.1) is 11.6 Å². The van der Waals surface area contributed by atoms with Gasteiger partial charge in [0.15, 0.2) is 5.16 Å². The minimum Gasteiger partial charge on any atom is -0.382 e. The van der Waals surface area contributed by atoms with Gasteiger partial charge >= 0.3 is 0 Å². The van der Waals surface area contributed by atoms with E-state index in [-0.39, 0.29) is 31.5 Å². The van der Waals surface area contributed by atoms with E-state index in [4.69, 9.17) is 5.73 Å². The van der Waals surface area contributed by atoms with Gasteiger partial charge in [0.05, 0.1) is 17.6 Å². The molecule has 1 aromatic carbocycles. The molecule has 1 amide bonds. The highest BCUT2D eigenvalue weighted by Gasteiger charge is 2.23. The number of nitrogens with two attached hydrogens (primary N) is 1. The minimum absolute atomic E-state index is 0.0809. The monoisotopic (exact) mass is 442 g/mol. The summed E-state index contributed by atoms with van der Waals surface area (Å²) >= 11 is 1.93. The Morgan fingerprint density at radius 1 is 1.29 bits per heavy atom. The number of hydrogen-bond donors (Lipinski definition) is 2. The van der Waals surface area contributed by atoms with E-state index >= 15 is 0 Å². The Kier molecular flexibility index (Phi) is 5.91. The van der Waals surface area contributed by atoms with Crippen molar-refractivity contribution in [3.05, 3.63) is 53.5 Å². The number of rotatable bonds is 6. The van der Waals surface area contributed by atoms with Gasteiger partial charge in [-0.05, 0) is 23.6 Å². The molecule has 0 radical (unpaired) electrons. The number of hydrogen-bond acceptors (Lipinski definition) is 8. The summed E-state index contributed by atoms with van der Waals surface area (Å²) in [5, 5.41) is 4.00. The van der Waals surface area contributed by atoms with Gasteiger partial charge in [-0.2, -0.15) is 0 Å². The summed E-state index contributed by atoms with van der Waals surface area (Å²) < 4.78 is 51.5. The first-order valence-electron chi connectivity index (χ1n) is 7.56. The number of carbonyl (C=O) groups excluding carboxylic acids is 1. The molecule has 146 valence electrons. The van der Waals surface area contributed by atoms with Gasteiger partial charge in [0.25, 0.3) is 0 Å². The smallest absolute Gasteiger partial charge is 0.234 e. The van der Waals surface area contributed by atoms with Crippen molar-refractivity contribution in [2.45, 2.75) is 14.3 Å². The molecule has 0 aliphatic heterocycles. The lowest BCUT2D eigenvalue weighted by molar-refractivity contribution is -0.113. The topological polar surface area (TPSA) is 115 Å². The standard InChI is InChI=1S/C16H12F2N4O3S3/c17-9-3-4-11(10(18)6-9)21-13(23)8-27-16-20-7-12(15(19)22-16)28(24,25)14-2-1-5-26-14/h1-7H,8H2,(H,21,23)(H2,19,20,22). The van der Waals surface area contributed by atoms with Crippen molar-refractivity contribution < 1.29 is 22.0 Å². The van der Waals surface area contributed by atoms with Gasteiger partial charge < -0.3 is 11.1 Å². The molecule has 0 fully saturated rings. The van der Waals surface area contributed by atoms with Crippen LogP contribution < -0.4 is 11.1 Å². The van der Waals surface area contributed by atoms with E-state index in [9.17, 15) is 22.0 Å². The summed E-state index contributed by atoms with van der Waals surface area (Å²) in [6.45, 7) is 0. The molecule has 0 aliphatic carbocycles. The van der Waals surface area contributed by atoms with Gasteiger partial charge in [-0.3, -0.25) is 4.79 Å². The molecule has 0 unspecified atom stereocenters. The van der Waals surface area contributed by atoms with Gasteiger partial charge in [0, 0.05) is 6.07 Å². The third-order valence-electron chi connectivity index (χ3n) is 3.35. The van der Waals surface area contributed by atoms with Gasteiger partial charge in [0.1, 0.15) is 26.6 Å². The lowest BCUT2D eigenvalue weighted by Gasteiger charge is -2.08. The van der Waals surface area contributed by atoms with Gasteiger partial charge in [-0.1, -0.05) is 17.8 Å². The molecule has 3 N–H and O–H groups in total. The predicted octanol–water partition coefficient (Wildman–Crippen LogP) is 2.96. The van der Waals surface area contributed by atoms with E-state index in [1.165, 1.54) is 6.07 Å². The number of nitrogens with zero attached hydrogens (tertiary/aromatic N) is 2. The second-order valence-corrected chi connectivity index (χ2v) is 9.33. The first-order valence-corrected chi connectivity index (χ1v) is 10.9. The Hall–Kier alpha value is -2.57. The number of anilines is 2. The summed E-state index contributed by atoms with van der Waals surface area (Å²) in [5.41, 5.74) is 5.59. The SMILES string of the molecule is Nc1nc(SCC(=O)Nc2ccc(F)cc2F)ncc1S(=O)(=O)c1cccs1. The fraction of sp³-hybridized carbons (Fsp3) is 0.0625. The highest BCUT2D eigenvalue weighted by atomic mass is 32.2. The maximum Gasteiger partial charge on any atom is 0.234 e. The van der Waals surface area contributed by atoms with E-state index in [1.807, 2.05) is 0 Å². The van der Waals surface area contributed by atoms with E-state index in [0.717, 1.165) is 41.4 Å². The fourth-order valence-corrected chi connectivity index (χ4v) is 5.08. The van der Waals surface area contributed by atoms with Crippen LogP contribution in [0.5, 0.6) is 0 Å². The lowest BCUT2D eigenvalue weighted by Crippen LogP contribution is -2.15. The van der Waals surface area contributed by atoms with Crippen LogP contribution in [0.15, 0.2) is 56.2 Å². The molecular formula is C16H12F2N4O3S3. The Morgan fingerprint density at radius 2 is 2.07 bits per heavy atom. The van der Waals surface area contributed by atoms with E-state index in [1.54, 1.807) is 11.4 Å². The molecule has 3 rings (SSSR count). The molecule has 12 heteroatoms. The summed E-state index contributed by atoms with van der Waals surface area (Å²) in [6, 6.07) is 5.82. The third-order valence-corrected chi connectivity index (χ3v) is 7.38. The minimum atomic E-state index is -3.82. The zero-order chi connectivity index (χ0) is 20.3. The Balaban J connectivity index is 1.67.